The molecule has 1 N–H and O–H groups in total. The molecule has 0 spiro atoms. The van der Waals surface area contributed by atoms with Gasteiger partial charge in [0, 0.05) is 39.5 Å². The summed E-state index contributed by atoms with van der Waals surface area (Å²) in [4.78, 5) is 6.72. The van der Waals surface area contributed by atoms with Crippen LogP contribution in [0.25, 0.3) is 0 Å². The fourth-order valence-electron chi connectivity index (χ4n) is 4.06. The van der Waals surface area contributed by atoms with Crippen LogP contribution in [-0.2, 0) is 23.1 Å². The maximum Gasteiger partial charge on any atom is 0.0945 e. The van der Waals surface area contributed by atoms with Crippen LogP contribution < -0.4 is 0 Å². The number of aromatic nitrogens is 2. The van der Waals surface area contributed by atoms with Gasteiger partial charge in [-0.25, -0.2) is 4.98 Å². The lowest BCUT2D eigenvalue weighted by atomic mass is 9.79. The summed E-state index contributed by atoms with van der Waals surface area (Å²) in [5.41, 5.74) is 1.20. The summed E-state index contributed by atoms with van der Waals surface area (Å²) in [7, 11) is 3.88. The summed E-state index contributed by atoms with van der Waals surface area (Å²) < 4.78 is 13.8. The summed E-state index contributed by atoms with van der Waals surface area (Å²) in [5.74, 6) is 0. The predicted octanol–water partition coefficient (Wildman–Crippen LogP) is 0.941. The molecule has 1 saturated carbocycles. The molecule has 124 valence electrons. The van der Waals surface area contributed by atoms with Gasteiger partial charge in [0.05, 0.1) is 36.9 Å². The third kappa shape index (κ3) is 2.93. The van der Waals surface area contributed by atoms with Gasteiger partial charge in [-0.05, 0) is 25.7 Å². The highest BCUT2D eigenvalue weighted by Gasteiger charge is 2.51. The van der Waals surface area contributed by atoms with Crippen molar-refractivity contribution in [1.82, 2.24) is 14.5 Å². The zero-order chi connectivity index (χ0) is 15.6. The van der Waals surface area contributed by atoms with Gasteiger partial charge in [0.2, 0.25) is 0 Å². The number of aryl methyl sites for hydroxylation is 1. The van der Waals surface area contributed by atoms with E-state index in [1.54, 1.807) is 0 Å². The minimum Gasteiger partial charge on any atom is -0.394 e. The minimum absolute atomic E-state index is 0.0301. The molecular formula is C16H27N3O3. The Morgan fingerprint density at radius 1 is 1.45 bits per heavy atom. The van der Waals surface area contributed by atoms with Gasteiger partial charge in [-0.1, -0.05) is 0 Å². The number of hydrogen-bond acceptors (Lipinski definition) is 5. The number of imidazole rings is 1. The molecule has 2 unspecified atom stereocenters. The number of aliphatic hydroxyl groups is 1. The van der Waals surface area contributed by atoms with Crippen molar-refractivity contribution in [2.75, 3.05) is 26.9 Å². The molecule has 1 saturated heterocycles. The van der Waals surface area contributed by atoms with Crippen LogP contribution in [-0.4, -0.2) is 64.2 Å². The second-order valence-corrected chi connectivity index (χ2v) is 6.49. The average molecular weight is 309 g/mol. The average Bonchev–Trinajstić information content (AvgIpc) is 3.10. The largest absolute Gasteiger partial charge is 0.394 e. The van der Waals surface area contributed by atoms with E-state index in [9.17, 15) is 0 Å². The van der Waals surface area contributed by atoms with E-state index in [-0.39, 0.29) is 18.3 Å². The SMILES string of the molecule is CO[C@@]12CCC(OCCO)CC1N(Cc1cncn1C)CC2. The van der Waals surface area contributed by atoms with Crippen LogP contribution in [0, 0.1) is 0 Å². The first-order valence-corrected chi connectivity index (χ1v) is 8.15. The summed E-state index contributed by atoms with van der Waals surface area (Å²) in [5, 5.41) is 8.97. The normalized spacial score (nSPS) is 32.3. The number of ether oxygens (including phenoxy) is 2. The van der Waals surface area contributed by atoms with Crippen LogP contribution in [0.2, 0.25) is 0 Å². The van der Waals surface area contributed by atoms with Gasteiger partial charge in [0.25, 0.3) is 0 Å². The molecule has 0 radical (unpaired) electrons. The molecule has 6 heteroatoms. The molecule has 1 aliphatic heterocycles. The molecule has 1 aromatic heterocycles. The maximum absolute atomic E-state index is 8.97. The number of hydrogen-bond donors (Lipinski definition) is 1. The van der Waals surface area contributed by atoms with E-state index in [4.69, 9.17) is 14.6 Å². The van der Waals surface area contributed by atoms with E-state index in [1.807, 2.05) is 26.7 Å². The molecule has 0 amide bonds. The van der Waals surface area contributed by atoms with Gasteiger partial charge in [-0.2, -0.15) is 0 Å². The lowest BCUT2D eigenvalue weighted by Gasteiger charge is -2.43. The highest BCUT2D eigenvalue weighted by molar-refractivity contribution is 5.08. The third-order valence-corrected chi connectivity index (χ3v) is 5.38. The standard InChI is InChI=1S/C16H27N3O3/c1-18-12-17-10-13(18)11-19-6-5-16(21-2)4-3-14(9-15(16)19)22-8-7-20/h10,12,14-15,20H,3-9,11H2,1-2H3/t14?,15?,16-/m1/s1. The molecule has 3 atom stereocenters. The van der Waals surface area contributed by atoms with Gasteiger partial charge >= 0.3 is 0 Å². The van der Waals surface area contributed by atoms with Gasteiger partial charge < -0.3 is 19.1 Å². The molecule has 2 aliphatic rings. The molecule has 1 aliphatic carbocycles. The summed E-state index contributed by atoms with van der Waals surface area (Å²) in [6.07, 6.45) is 8.13. The molecule has 2 fully saturated rings. The van der Waals surface area contributed by atoms with Crippen molar-refractivity contribution < 1.29 is 14.6 Å². The first-order valence-electron chi connectivity index (χ1n) is 8.15. The summed E-state index contributed by atoms with van der Waals surface area (Å²) in [6.45, 7) is 2.48. The van der Waals surface area contributed by atoms with Crippen molar-refractivity contribution >= 4 is 0 Å². The second-order valence-electron chi connectivity index (χ2n) is 6.49. The van der Waals surface area contributed by atoms with Crippen molar-refractivity contribution in [2.24, 2.45) is 7.05 Å². The van der Waals surface area contributed by atoms with Crippen LogP contribution in [0.4, 0.5) is 0 Å². The zero-order valence-electron chi connectivity index (χ0n) is 13.6. The lowest BCUT2D eigenvalue weighted by molar-refractivity contribution is -0.104. The number of likely N-dealkylation sites (tertiary alicyclic amines) is 1. The summed E-state index contributed by atoms with van der Waals surface area (Å²) in [6, 6.07) is 0.379. The number of rotatable bonds is 6. The molecule has 2 heterocycles. The lowest BCUT2D eigenvalue weighted by Crippen LogP contribution is -2.51. The highest BCUT2D eigenvalue weighted by atomic mass is 16.5. The molecule has 0 aromatic carbocycles. The highest BCUT2D eigenvalue weighted by Crippen LogP contribution is 2.43. The molecule has 6 nitrogen and oxygen atoms in total. The van der Waals surface area contributed by atoms with Crippen LogP contribution >= 0.6 is 0 Å². The van der Waals surface area contributed by atoms with Crippen LogP contribution in [0.5, 0.6) is 0 Å². The summed E-state index contributed by atoms with van der Waals surface area (Å²) >= 11 is 0. The Labute approximate surface area is 132 Å². The molecule has 22 heavy (non-hydrogen) atoms. The molecular weight excluding hydrogens is 282 g/mol. The van der Waals surface area contributed by atoms with Crippen molar-refractivity contribution in [1.29, 1.82) is 0 Å². The van der Waals surface area contributed by atoms with Crippen LogP contribution in [0.3, 0.4) is 0 Å². The van der Waals surface area contributed by atoms with Crippen molar-refractivity contribution in [2.45, 2.75) is 50.0 Å². The Kier molecular flexibility index (Phi) is 4.82. The number of fused-ring (bicyclic) bond motifs is 1. The van der Waals surface area contributed by atoms with Crippen LogP contribution in [0.1, 0.15) is 31.4 Å². The van der Waals surface area contributed by atoms with Crippen molar-refractivity contribution in [3.63, 3.8) is 0 Å². The Morgan fingerprint density at radius 3 is 3.00 bits per heavy atom. The van der Waals surface area contributed by atoms with Gasteiger partial charge in [-0.3, -0.25) is 4.90 Å². The fraction of sp³-hybridized carbons (Fsp3) is 0.812. The van der Waals surface area contributed by atoms with Crippen LogP contribution in [0.15, 0.2) is 12.5 Å². The number of nitrogens with zero attached hydrogens (tertiary/aromatic N) is 3. The Morgan fingerprint density at radius 2 is 2.32 bits per heavy atom. The van der Waals surface area contributed by atoms with E-state index in [0.717, 1.165) is 38.8 Å². The first-order chi connectivity index (χ1) is 10.7. The van der Waals surface area contributed by atoms with E-state index >= 15 is 0 Å². The quantitative estimate of drug-likeness (QED) is 0.847. The maximum atomic E-state index is 8.97. The fourth-order valence-corrected chi connectivity index (χ4v) is 4.06. The molecule has 3 rings (SSSR count). The van der Waals surface area contributed by atoms with E-state index in [0.29, 0.717) is 12.6 Å². The van der Waals surface area contributed by atoms with Gasteiger partial charge in [0.1, 0.15) is 0 Å². The van der Waals surface area contributed by atoms with Gasteiger partial charge in [-0.15, -0.1) is 0 Å². The second kappa shape index (κ2) is 6.66. The number of aliphatic hydroxyl groups excluding tert-OH is 1. The van der Waals surface area contributed by atoms with E-state index in [2.05, 4.69) is 14.5 Å². The smallest absolute Gasteiger partial charge is 0.0945 e. The Hall–Kier alpha value is -0.950. The molecule has 0 bridgehead atoms. The minimum atomic E-state index is -0.0301. The monoisotopic (exact) mass is 309 g/mol. The predicted molar refractivity (Wildman–Crippen MR) is 82.4 cm³/mol. The van der Waals surface area contributed by atoms with Gasteiger partial charge in [0.15, 0.2) is 0 Å². The van der Waals surface area contributed by atoms with Crippen molar-refractivity contribution in [3.05, 3.63) is 18.2 Å². The van der Waals surface area contributed by atoms with E-state index < -0.39 is 0 Å². The third-order valence-electron chi connectivity index (χ3n) is 5.38. The van der Waals surface area contributed by atoms with Crippen molar-refractivity contribution in [3.8, 4) is 0 Å². The zero-order valence-corrected chi connectivity index (χ0v) is 13.6. The molecule has 1 aromatic rings. The number of methoxy groups -OCH3 is 1. The topological polar surface area (TPSA) is 59.8 Å². The first kappa shape index (κ1) is 15.9. The Bertz CT molecular complexity index is 493. The Balaban J connectivity index is 1.71. The van der Waals surface area contributed by atoms with E-state index in [1.165, 1.54) is 5.69 Å².